The summed E-state index contributed by atoms with van der Waals surface area (Å²) in [5.41, 5.74) is 1.09. The Morgan fingerprint density at radius 1 is 1.47 bits per heavy atom. The molecule has 1 aliphatic carbocycles. The van der Waals surface area contributed by atoms with E-state index in [1.165, 1.54) is 12.1 Å². The highest BCUT2D eigenvalue weighted by Crippen LogP contribution is 2.64. The van der Waals surface area contributed by atoms with Gasteiger partial charge in [-0.2, -0.15) is 0 Å². The van der Waals surface area contributed by atoms with Gasteiger partial charge in [0.05, 0.1) is 17.0 Å². The smallest absolute Gasteiger partial charge is 0.307 e. The zero-order valence-electron chi connectivity index (χ0n) is 11.0. The van der Waals surface area contributed by atoms with E-state index in [1.807, 2.05) is 13.8 Å². The van der Waals surface area contributed by atoms with Crippen molar-refractivity contribution in [2.24, 2.45) is 18.4 Å². The number of halogens is 1. The summed E-state index contributed by atoms with van der Waals surface area (Å²) in [5, 5.41) is 9.23. The Balaban J connectivity index is 2.13. The zero-order chi connectivity index (χ0) is 13.9. The Morgan fingerprint density at radius 3 is 2.74 bits per heavy atom. The number of carbonyl (C=O) groups is 1. The lowest BCUT2D eigenvalue weighted by molar-refractivity contribution is -0.139. The van der Waals surface area contributed by atoms with Crippen molar-refractivity contribution in [3.05, 3.63) is 29.8 Å². The van der Waals surface area contributed by atoms with Crippen molar-refractivity contribution in [3.63, 3.8) is 0 Å². The van der Waals surface area contributed by atoms with E-state index in [2.05, 4.69) is 4.98 Å². The Hall–Kier alpha value is -1.91. The Bertz CT molecular complexity index is 690. The highest BCUT2D eigenvalue weighted by molar-refractivity contribution is 5.80. The summed E-state index contributed by atoms with van der Waals surface area (Å²) < 4.78 is 15.1. The molecule has 2 aromatic rings. The SMILES string of the molecule is Cn1c(C2C(C(=O)O)C2(C)C)nc2ccc(F)cc21. The molecule has 19 heavy (non-hydrogen) atoms. The topological polar surface area (TPSA) is 55.1 Å². The van der Waals surface area contributed by atoms with E-state index in [9.17, 15) is 14.3 Å². The number of hydrogen-bond acceptors (Lipinski definition) is 2. The van der Waals surface area contributed by atoms with Gasteiger partial charge in [0, 0.05) is 13.0 Å². The van der Waals surface area contributed by atoms with Gasteiger partial charge in [-0.3, -0.25) is 4.79 Å². The number of benzene rings is 1. The second kappa shape index (κ2) is 3.56. The molecule has 0 bridgehead atoms. The maximum atomic E-state index is 13.3. The van der Waals surface area contributed by atoms with Crippen LogP contribution >= 0.6 is 0 Å². The van der Waals surface area contributed by atoms with Gasteiger partial charge in [-0.15, -0.1) is 0 Å². The number of carboxylic acids is 1. The summed E-state index contributed by atoms with van der Waals surface area (Å²) in [4.78, 5) is 15.7. The van der Waals surface area contributed by atoms with E-state index < -0.39 is 11.9 Å². The lowest BCUT2D eigenvalue weighted by Crippen LogP contribution is -2.03. The van der Waals surface area contributed by atoms with Gasteiger partial charge in [-0.1, -0.05) is 13.8 Å². The molecule has 2 unspecified atom stereocenters. The van der Waals surface area contributed by atoms with Gasteiger partial charge >= 0.3 is 5.97 Å². The third-order valence-corrected chi connectivity index (χ3v) is 4.25. The fourth-order valence-corrected chi connectivity index (χ4v) is 3.04. The number of carboxylic acid groups (broad SMARTS) is 1. The van der Waals surface area contributed by atoms with Crippen LogP contribution < -0.4 is 0 Å². The molecule has 0 aliphatic heterocycles. The zero-order valence-corrected chi connectivity index (χ0v) is 11.0. The van der Waals surface area contributed by atoms with Gasteiger partial charge in [0.25, 0.3) is 0 Å². The van der Waals surface area contributed by atoms with Gasteiger partial charge in [-0.25, -0.2) is 9.37 Å². The fraction of sp³-hybridized carbons (Fsp3) is 0.429. The van der Waals surface area contributed by atoms with E-state index >= 15 is 0 Å². The van der Waals surface area contributed by atoms with Crippen molar-refractivity contribution in [1.29, 1.82) is 0 Å². The lowest BCUT2D eigenvalue weighted by atomic mass is 10.1. The van der Waals surface area contributed by atoms with Crippen molar-refractivity contribution in [2.45, 2.75) is 19.8 Å². The average Bonchev–Trinajstić information content (AvgIpc) is 2.75. The second-order valence-corrected chi connectivity index (χ2v) is 5.78. The van der Waals surface area contributed by atoms with Crippen LogP contribution in [0.2, 0.25) is 0 Å². The molecule has 4 nitrogen and oxygen atoms in total. The Morgan fingerprint density at radius 2 is 2.16 bits per heavy atom. The molecule has 1 N–H and O–H groups in total. The standard InChI is InChI=1S/C14H15FN2O2/c1-14(2)10(11(14)13(18)19)12-16-8-5-4-7(15)6-9(8)17(12)3/h4-6,10-11H,1-3H3,(H,18,19). The number of aryl methyl sites for hydroxylation is 1. The molecule has 1 saturated carbocycles. The molecule has 0 amide bonds. The highest BCUT2D eigenvalue weighted by Gasteiger charge is 2.64. The van der Waals surface area contributed by atoms with E-state index in [0.717, 1.165) is 5.82 Å². The summed E-state index contributed by atoms with van der Waals surface area (Å²) in [6.07, 6.45) is 0. The Kier molecular flexibility index (Phi) is 2.27. The molecular formula is C14H15FN2O2. The molecule has 2 atom stereocenters. The first-order chi connectivity index (χ1) is 8.84. The summed E-state index contributed by atoms with van der Waals surface area (Å²) in [7, 11) is 1.80. The number of imidazole rings is 1. The number of rotatable bonds is 2. The van der Waals surface area contributed by atoms with Crippen molar-refractivity contribution in [2.75, 3.05) is 0 Å². The average molecular weight is 262 g/mol. The minimum atomic E-state index is -0.798. The largest absolute Gasteiger partial charge is 0.481 e. The number of nitrogens with zero attached hydrogens (tertiary/aromatic N) is 2. The normalized spacial score (nSPS) is 24.6. The molecule has 100 valence electrons. The quantitative estimate of drug-likeness (QED) is 0.904. The predicted molar refractivity (Wildman–Crippen MR) is 68.3 cm³/mol. The minimum Gasteiger partial charge on any atom is -0.481 e. The first kappa shape index (κ1) is 12.1. The van der Waals surface area contributed by atoms with Crippen LogP contribution in [0.1, 0.15) is 25.6 Å². The summed E-state index contributed by atoms with van der Waals surface area (Å²) >= 11 is 0. The van der Waals surface area contributed by atoms with Crippen molar-refractivity contribution in [3.8, 4) is 0 Å². The maximum absolute atomic E-state index is 13.3. The molecule has 1 aromatic carbocycles. The summed E-state index contributed by atoms with van der Waals surface area (Å²) in [6, 6.07) is 4.42. The first-order valence-corrected chi connectivity index (χ1v) is 6.18. The molecule has 3 rings (SSSR count). The van der Waals surface area contributed by atoms with Crippen LogP contribution in [0.3, 0.4) is 0 Å². The number of hydrogen-bond donors (Lipinski definition) is 1. The van der Waals surface area contributed by atoms with Crippen LogP contribution in [-0.2, 0) is 11.8 Å². The molecule has 1 fully saturated rings. The molecular weight excluding hydrogens is 247 g/mol. The third-order valence-electron chi connectivity index (χ3n) is 4.25. The van der Waals surface area contributed by atoms with Crippen LogP contribution in [0, 0.1) is 17.2 Å². The van der Waals surface area contributed by atoms with Crippen molar-refractivity contribution in [1.82, 2.24) is 9.55 Å². The number of fused-ring (bicyclic) bond motifs is 1. The predicted octanol–water partition coefficient (Wildman–Crippen LogP) is 2.54. The van der Waals surface area contributed by atoms with E-state index in [0.29, 0.717) is 11.0 Å². The lowest BCUT2D eigenvalue weighted by Gasteiger charge is -2.03. The van der Waals surface area contributed by atoms with E-state index in [1.54, 1.807) is 17.7 Å². The molecule has 0 spiro atoms. The van der Waals surface area contributed by atoms with Crippen molar-refractivity contribution >= 4 is 17.0 Å². The summed E-state index contributed by atoms with van der Waals surface area (Å²) in [5.74, 6) is -0.934. The van der Waals surface area contributed by atoms with Crippen LogP contribution in [0.25, 0.3) is 11.0 Å². The minimum absolute atomic E-state index is 0.120. The van der Waals surface area contributed by atoms with Gasteiger partial charge in [0.2, 0.25) is 0 Å². The molecule has 1 aromatic heterocycles. The maximum Gasteiger partial charge on any atom is 0.307 e. The van der Waals surface area contributed by atoms with Gasteiger partial charge in [-0.05, 0) is 23.6 Å². The van der Waals surface area contributed by atoms with Gasteiger partial charge in [0.1, 0.15) is 11.6 Å². The Labute approximate surface area is 109 Å². The molecule has 1 aliphatic rings. The van der Waals surface area contributed by atoms with Crippen LogP contribution in [0.5, 0.6) is 0 Å². The third kappa shape index (κ3) is 1.57. The van der Waals surface area contributed by atoms with E-state index in [-0.39, 0.29) is 17.2 Å². The molecule has 0 saturated heterocycles. The second-order valence-electron chi connectivity index (χ2n) is 5.78. The summed E-state index contributed by atoms with van der Waals surface area (Å²) in [6.45, 7) is 3.85. The van der Waals surface area contributed by atoms with Gasteiger partial charge < -0.3 is 9.67 Å². The monoisotopic (exact) mass is 262 g/mol. The fourth-order valence-electron chi connectivity index (χ4n) is 3.04. The van der Waals surface area contributed by atoms with Gasteiger partial charge in [0.15, 0.2) is 0 Å². The first-order valence-electron chi connectivity index (χ1n) is 6.18. The molecule has 1 heterocycles. The van der Waals surface area contributed by atoms with Crippen LogP contribution in [-0.4, -0.2) is 20.6 Å². The number of aromatic nitrogens is 2. The molecule has 0 radical (unpaired) electrons. The molecule has 5 heteroatoms. The number of aliphatic carboxylic acids is 1. The van der Waals surface area contributed by atoms with Crippen molar-refractivity contribution < 1.29 is 14.3 Å². The van der Waals surface area contributed by atoms with Crippen LogP contribution in [0.15, 0.2) is 18.2 Å². The highest BCUT2D eigenvalue weighted by atomic mass is 19.1. The van der Waals surface area contributed by atoms with Crippen LogP contribution in [0.4, 0.5) is 4.39 Å². The van der Waals surface area contributed by atoms with E-state index in [4.69, 9.17) is 0 Å².